The van der Waals surface area contributed by atoms with Gasteiger partial charge in [-0.15, -0.1) is 10.2 Å². The molecule has 0 bridgehead atoms. The van der Waals surface area contributed by atoms with Crippen LogP contribution in [0.2, 0.25) is 5.02 Å². The molecule has 16 heteroatoms. The normalized spacial score (nSPS) is 12.3. The van der Waals surface area contributed by atoms with Crippen LogP contribution in [0.4, 0.5) is 23.4 Å². The summed E-state index contributed by atoms with van der Waals surface area (Å²) in [4.78, 5) is 34.0. The Morgan fingerprint density at radius 1 is 1.02 bits per heavy atom. The third-order valence-corrected chi connectivity index (χ3v) is 6.21. The second-order valence-corrected chi connectivity index (χ2v) is 9.31. The molecule has 2 N–H and O–H groups in total. The Morgan fingerprint density at radius 2 is 1.76 bits per heavy atom. The molecule has 0 spiro atoms. The van der Waals surface area contributed by atoms with Crippen LogP contribution in [0.1, 0.15) is 16.2 Å². The molecule has 3 aromatic heterocycles. The molecule has 216 valence electrons. The molecule has 0 aliphatic heterocycles. The molecule has 0 aliphatic rings. The number of nitrogens with one attached hydrogen (secondary N) is 1. The smallest absolute Gasteiger partial charge is 0.382 e. The SMILES string of the molecule is O=C(Nc1ccc(F)cn1)c1ccccc1-n1cnc(Cn2nc(-c3ccc(Cl)cc3)n(C[C@H](O)C(F)(F)F)c2=O)n1. The van der Waals surface area contributed by atoms with Crippen molar-refractivity contribution in [1.29, 1.82) is 0 Å². The summed E-state index contributed by atoms with van der Waals surface area (Å²) in [6.45, 7) is -1.43. The van der Waals surface area contributed by atoms with Gasteiger partial charge in [-0.2, -0.15) is 13.2 Å². The number of benzene rings is 2. The third-order valence-electron chi connectivity index (χ3n) is 5.95. The standard InChI is InChI=1S/C26H19ClF4N8O3/c27-16-7-5-15(6-8-16)23-36-38(25(42)37(23)12-20(40)26(29,30)31)13-22-33-14-39(35-22)19-4-2-1-3-18(19)24(41)34-21-10-9-17(28)11-32-21/h1-11,14,20,40H,12-13H2,(H,32,34,41)/t20-/m0/s1. The van der Waals surface area contributed by atoms with Crippen LogP contribution in [0, 0.1) is 5.82 Å². The van der Waals surface area contributed by atoms with E-state index in [1.165, 1.54) is 47.4 Å². The number of amides is 1. The number of nitrogens with zero attached hydrogens (tertiary/aromatic N) is 7. The number of aromatic nitrogens is 7. The second kappa shape index (κ2) is 11.5. The van der Waals surface area contributed by atoms with Gasteiger partial charge in [-0.3, -0.25) is 9.36 Å². The fraction of sp³-hybridized carbons (Fsp3) is 0.154. The summed E-state index contributed by atoms with van der Waals surface area (Å²) in [6, 6.07) is 14.7. The number of carbonyl (C=O) groups is 1. The van der Waals surface area contributed by atoms with Gasteiger partial charge in [0.15, 0.2) is 17.8 Å². The number of halogens is 5. The average molecular weight is 603 g/mol. The van der Waals surface area contributed by atoms with Crippen molar-refractivity contribution < 1.29 is 27.5 Å². The number of rotatable bonds is 8. The first-order valence-electron chi connectivity index (χ1n) is 12.1. The van der Waals surface area contributed by atoms with Crippen LogP contribution in [0.15, 0.2) is 78.0 Å². The summed E-state index contributed by atoms with van der Waals surface area (Å²) in [7, 11) is 0. The number of aliphatic hydroxyl groups excluding tert-OH is 1. The molecular weight excluding hydrogens is 584 g/mol. The Bertz CT molecular complexity index is 1780. The number of carbonyl (C=O) groups excluding carboxylic acids is 1. The van der Waals surface area contributed by atoms with Gasteiger partial charge in [0.25, 0.3) is 5.91 Å². The van der Waals surface area contributed by atoms with Gasteiger partial charge in [-0.05, 0) is 48.5 Å². The van der Waals surface area contributed by atoms with E-state index in [-0.39, 0.29) is 29.6 Å². The Balaban J connectivity index is 1.44. The molecule has 2 aromatic carbocycles. The van der Waals surface area contributed by atoms with Crippen molar-refractivity contribution in [1.82, 2.24) is 34.1 Å². The van der Waals surface area contributed by atoms with E-state index in [0.717, 1.165) is 16.9 Å². The fourth-order valence-corrected chi connectivity index (χ4v) is 4.04. The topological polar surface area (TPSA) is 133 Å². The number of hydrogen-bond acceptors (Lipinski definition) is 7. The van der Waals surface area contributed by atoms with Crippen LogP contribution in [0.5, 0.6) is 0 Å². The van der Waals surface area contributed by atoms with Gasteiger partial charge < -0.3 is 10.4 Å². The van der Waals surface area contributed by atoms with Crippen molar-refractivity contribution in [3.8, 4) is 17.1 Å². The molecule has 1 amide bonds. The minimum Gasteiger partial charge on any atom is -0.382 e. The highest BCUT2D eigenvalue weighted by Gasteiger charge is 2.39. The quantitative estimate of drug-likeness (QED) is 0.259. The molecule has 5 aromatic rings. The maximum absolute atomic E-state index is 13.2. The zero-order valence-electron chi connectivity index (χ0n) is 21.2. The molecule has 3 heterocycles. The summed E-state index contributed by atoms with van der Waals surface area (Å²) in [6.07, 6.45) is -5.54. The largest absolute Gasteiger partial charge is 0.416 e. The Morgan fingerprint density at radius 3 is 2.45 bits per heavy atom. The van der Waals surface area contributed by atoms with Gasteiger partial charge in [-0.1, -0.05) is 23.7 Å². The predicted molar refractivity (Wildman–Crippen MR) is 142 cm³/mol. The van der Waals surface area contributed by atoms with Crippen LogP contribution in [0.25, 0.3) is 17.1 Å². The van der Waals surface area contributed by atoms with Gasteiger partial charge >= 0.3 is 11.9 Å². The summed E-state index contributed by atoms with van der Waals surface area (Å²) in [5, 5.41) is 21.1. The van der Waals surface area contributed by atoms with E-state index in [9.17, 15) is 32.3 Å². The van der Waals surface area contributed by atoms with Crippen molar-refractivity contribution in [2.75, 3.05) is 5.32 Å². The monoisotopic (exact) mass is 602 g/mol. The lowest BCUT2D eigenvalue weighted by atomic mass is 10.1. The fourth-order valence-electron chi connectivity index (χ4n) is 3.92. The molecule has 5 rings (SSSR count). The lowest BCUT2D eigenvalue weighted by molar-refractivity contribution is -0.207. The highest BCUT2D eigenvalue weighted by atomic mass is 35.5. The van der Waals surface area contributed by atoms with Crippen molar-refractivity contribution >= 4 is 23.3 Å². The van der Waals surface area contributed by atoms with Gasteiger partial charge in [-0.25, -0.2) is 28.5 Å². The lowest BCUT2D eigenvalue weighted by Crippen LogP contribution is -2.37. The van der Waals surface area contributed by atoms with Crippen LogP contribution in [0.3, 0.4) is 0 Å². The molecule has 1 atom stereocenters. The molecule has 0 aliphatic carbocycles. The first kappa shape index (κ1) is 28.6. The highest BCUT2D eigenvalue weighted by molar-refractivity contribution is 6.30. The predicted octanol–water partition coefficient (Wildman–Crippen LogP) is 3.70. The number of aliphatic hydroxyl groups is 1. The molecule has 42 heavy (non-hydrogen) atoms. The number of para-hydroxylation sites is 1. The summed E-state index contributed by atoms with van der Waals surface area (Å²) >= 11 is 5.91. The van der Waals surface area contributed by atoms with Crippen molar-refractivity contribution in [3.05, 3.63) is 106 Å². The Hall–Kier alpha value is -4.89. The van der Waals surface area contributed by atoms with Crippen molar-refractivity contribution in [2.45, 2.75) is 25.4 Å². The minimum atomic E-state index is -4.97. The van der Waals surface area contributed by atoms with Gasteiger partial charge in [0, 0.05) is 10.6 Å². The van der Waals surface area contributed by atoms with Gasteiger partial charge in [0.2, 0.25) is 0 Å². The summed E-state index contributed by atoms with van der Waals surface area (Å²) in [5.41, 5.74) is -0.165. The molecule has 11 nitrogen and oxygen atoms in total. The second-order valence-electron chi connectivity index (χ2n) is 8.88. The number of pyridine rings is 1. The lowest BCUT2D eigenvalue weighted by Gasteiger charge is -2.15. The van der Waals surface area contributed by atoms with Crippen LogP contribution in [-0.4, -0.2) is 57.4 Å². The van der Waals surface area contributed by atoms with Crippen LogP contribution >= 0.6 is 11.6 Å². The van der Waals surface area contributed by atoms with E-state index in [0.29, 0.717) is 20.8 Å². The zero-order chi connectivity index (χ0) is 30.0. The maximum Gasteiger partial charge on any atom is 0.416 e. The molecule has 0 saturated carbocycles. The highest BCUT2D eigenvalue weighted by Crippen LogP contribution is 2.24. The van der Waals surface area contributed by atoms with E-state index in [2.05, 4.69) is 25.5 Å². The Labute approximate surface area is 238 Å². The summed E-state index contributed by atoms with van der Waals surface area (Å²) < 4.78 is 55.4. The molecule has 0 saturated heterocycles. The van der Waals surface area contributed by atoms with Crippen LogP contribution in [-0.2, 0) is 13.1 Å². The molecular formula is C26H19ClF4N8O3. The maximum atomic E-state index is 13.2. The number of alkyl halides is 3. The molecule has 0 radical (unpaired) electrons. The first-order valence-corrected chi connectivity index (χ1v) is 12.5. The van der Waals surface area contributed by atoms with Crippen molar-refractivity contribution in [2.24, 2.45) is 0 Å². The van der Waals surface area contributed by atoms with E-state index in [1.54, 1.807) is 18.2 Å². The number of hydrogen-bond donors (Lipinski definition) is 2. The van der Waals surface area contributed by atoms with E-state index in [1.807, 2.05) is 0 Å². The van der Waals surface area contributed by atoms with Gasteiger partial charge in [0.1, 0.15) is 24.5 Å². The zero-order valence-corrected chi connectivity index (χ0v) is 22.0. The van der Waals surface area contributed by atoms with Crippen molar-refractivity contribution in [3.63, 3.8) is 0 Å². The third kappa shape index (κ3) is 6.21. The van der Waals surface area contributed by atoms with Crippen LogP contribution < -0.4 is 11.0 Å². The molecule has 0 unspecified atom stereocenters. The average Bonchev–Trinajstić information content (AvgIpc) is 3.55. The molecule has 0 fully saturated rings. The first-order chi connectivity index (χ1) is 20.0. The van der Waals surface area contributed by atoms with Gasteiger partial charge in [0.05, 0.1) is 24.0 Å². The minimum absolute atomic E-state index is 0.0520. The van der Waals surface area contributed by atoms with E-state index in [4.69, 9.17) is 11.6 Å². The Kier molecular flexibility index (Phi) is 7.87. The number of anilines is 1. The summed E-state index contributed by atoms with van der Waals surface area (Å²) in [5.74, 6) is -1.08. The van der Waals surface area contributed by atoms with E-state index < -0.39 is 36.2 Å². The van der Waals surface area contributed by atoms with E-state index >= 15 is 0 Å².